The number of allylic oxidation sites excluding steroid dienone is 1. The van der Waals surface area contributed by atoms with E-state index in [1.807, 2.05) is 12.1 Å². The van der Waals surface area contributed by atoms with Crippen molar-refractivity contribution in [2.24, 2.45) is 0 Å². The maximum Gasteiger partial charge on any atom is 0.340 e. The van der Waals surface area contributed by atoms with Gasteiger partial charge in [-0.3, -0.25) is 9.69 Å². The van der Waals surface area contributed by atoms with Crippen molar-refractivity contribution < 1.29 is 23.8 Å². The van der Waals surface area contributed by atoms with Crippen LogP contribution in [-0.4, -0.2) is 33.2 Å². The van der Waals surface area contributed by atoms with Gasteiger partial charge >= 0.3 is 5.97 Å². The van der Waals surface area contributed by atoms with E-state index in [2.05, 4.69) is 15.9 Å². The summed E-state index contributed by atoms with van der Waals surface area (Å²) in [5.74, 6) is 0.352. The van der Waals surface area contributed by atoms with E-state index in [4.69, 9.17) is 14.2 Å². The third kappa shape index (κ3) is 3.91. The lowest BCUT2D eigenvalue weighted by Gasteiger charge is -2.18. The highest BCUT2D eigenvalue weighted by Crippen LogP contribution is 2.37. The Labute approximate surface area is 177 Å². The van der Waals surface area contributed by atoms with Crippen molar-refractivity contribution in [2.75, 3.05) is 26.2 Å². The molecule has 2 aromatic carbocycles. The summed E-state index contributed by atoms with van der Waals surface area (Å²) in [6, 6.07) is 12.5. The lowest BCUT2D eigenvalue weighted by atomic mass is 10.0. The molecule has 0 spiro atoms. The van der Waals surface area contributed by atoms with Crippen LogP contribution in [0.3, 0.4) is 0 Å². The Bertz CT molecular complexity index is 1020. The molecule has 0 saturated heterocycles. The fraction of sp³-hybridized carbons (Fsp3) is 0.182. The Kier molecular flexibility index (Phi) is 6.08. The lowest BCUT2D eigenvalue weighted by Crippen LogP contribution is -2.24. The molecule has 0 atom stereocenters. The van der Waals surface area contributed by atoms with Crippen LogP contribution in [0.2, 0.25) is 0 Å². The minimum Gasteiger partial charge on any atom is -0.497 e. The van der Waals surface area contributed by atoms with Gasteiger partial charge in [0.2, 0.25) is 0 Å². The Morgan fingerprint density at radius 3 is 2.31 bits per heavy atom. The van der Waals surface area contributed by atoms with E-state index in [0.29, 0.717) is 28.4 Å². The summed E-state index contributed by atoms with van der Waals surface area (Å²) in [5.41, 5.74) is 2.24. The molecule has 0 bridgehead atoms. The smallest absolute Gasteiger partial charge is 0.340 e. The molecule has 29 heavy (non-hydrogen) atoms. The summed E-state index contributed by atoms with van der Waals surface area (Å²) >= 11 is 3.43. The molecule has 1 aliphatic heterocycles. The predicted molar refractivity (Wildman–Crippen MR) is 114 cm³/mol. The number of hydrogen-bond acceptors (Lipinski definition) is 5. The van der Waals surface area contributed by atoms with Crippen LogP contribution < -0.4 is 14.4 Å². The third-order valence-corrected chi connectivity index (χ3v) is 5.11. The molecule has 1 amide bonds. The van der Waals surface area contributed by atoms with Crippen molar-refractivity contribution in [2.45, 2.75) is 6.92 Å². The van der Waals surface area contributed by atoms with Gasteiger partial charge in [0.15, 0.2) is 0 Å². The number of anilines is 1. The average molecular weight is 458 g/mol. The molecule has 2 aromatic rings. The normalized spacial score (nSPS) is 15.1. The Balaban J connectivity index is 2.15. The van der Waals surface area contributed by atoms with Gasteiger partial charge in [0.25, 0.3) is 5.91 Å². The largest absolute Gasteiger partial charge is 0.497 e. The molecule has 1 aliphatic rings. The average Bonchev–Trinajstić information content (AvgIpc) is 2.97. The van der Waals surface area contributed by atoms with E-state index in [0.717, 1.165) is 4.47 Å². The number of benzene rings is 2. The van der Waals surface area contributed by atoms with Gasteiger partial charge in [-0.2, -0.15) is 0 Å². The highest BCUT2D eigenvalue weighted by Gasteiger charge is 2.38. The lowest BCUT2D eigenvalue weighted by molar-refractivity contribution is -0.136. The highest BCUT2D eigenvalue weighted by molar-refractivity contribution is 9.10. The molecule has 0 aromatic heterocycles. The van der Waals surface area contributed by atoms with Gasteiger partial charge in [0.05, 0.1) is 32.5 Å². The highest BCUT2D eigenvalue weighted by atomic mass is 79.9. The zero-order valence-electron chi connectivity index (χ0n) is 16.5. The second-order valence-corrected chi connectivity index (χ2v) is 7.15. The summed E-state index contributed by atoms with van der Waals surface area (Å²) in [6.45, 7) is 1.72. The zero-order chi connectivity index (χ0) is 21.1. The second-order valence-electron chi connectivity index (χ2n) is 6.23. The molecule has 0 unspecified atom stereocenters. The first kappa shape index (κ1) is 20.7. The SMILES string of the molecule is COC(=O)C1=C(C)N(c2ccc(OC)cc2)C(=O)/C1=C\c1cc(Br)ccc1OC. The van der Waals surface area contributed by atoms with Crippen molar-refractivity contribution in [3.05, 3.63) is 69.3 Å². The van der Waals surface area contributed by atoms with Gasteiger partial charge in [0.1, 0.15) is 11.5 Å². The fourth-order valence-corrected chi connectivity index (χ4v) is 3.57. The number of hydrogen-bond donors (Lipinski definition) is 0. The van der Waals surface area contributed by atoms with Gasteiger partial charge in [-0.1, -0.05) is 15.9 Å². The van der Waals surface area contributed by atoms with Crippen LogP contribution in [0.1, 0.15) is 12.5 Å². The minimum atomic E-state index is -0.577. The maximum absolute atomic E-state index is 13.3. The first-order chi connectivity index (χ1) is 13.9. The van der Waals surface area contributed by atoms with E-state index in [9.17, 15) is 9.59 Å². The molecule has 0 radical (unpaired) electrons. The first-order valence-electron chi connectivity index (χ1n) is 8.74. The molecule has 1 heterocycles. The molecular formula is C22H20BrNO5. The summed E-state index contributed by atoms with van der Waals surface area (Å²) in [4.78, 5) is 27.3. The Hall–Kier alpha value is -3.06. The van der Waals surface area contributed by atoms with Crippen LogP contribution in [0.5, 0.6) is 11.5 Å². The molecule has 7 heteroatoms. The summed E-state index contributed by atoms with van der Waals surface area (Å²) in [7, 11) is 4.41. The number of amides is 1. The molecule has 150 valence electrons. The molecule has 0 N–H and O–H groups in total. The van der Waals surface area contributed by atoms with Crippen molar-refractivity contribution in [1.29, 1.82) is 0 Å². The fourth-order valence-electron chi connectivity index (χ4n) is 3.20. The molecular weight excluding hydrogens is 438 g/mol. The zero-order valence-corrected chi connectivity index (χ0v) is 18.1. The quantitative estimate of drug-likeness (QED) is 0.493. The van der Waals surface area contributed by atoms with Crippen LogP contribution in [-0.2, 0) is 14.3 Å². The van der Waals surface area contributed by atoms with E-state index >= 15 is 0 Å². The van der Waals surface area contributed by atoms with Crippen molar-refractivity contribution in [1.82, 2.24) is 0 Å². The number of esters is 1. The molecule has 0 fully saturated rings. The number of rotatable bonds is 5. The number of carbonyl (C=O) groups is 2. The molecule has 3 rings (SSSR count). The molecule has 0 aliphatic carbocycles. The topological polar surface area (TPSA) is 65.1 Å². The predicted octanol–water partition coefficient (Wildman–Crippen LogP) is 4.34. The Morgan fingerprint density at radius 1 is 1.03 bits per heavy atom. The monoisotopic (exact) mass is 457 g/mol. The van der Waals surface area contributed by atoms with Crippen LogP contribution in [0, 0.1) is 0 Å². The van der Waals surface area contributed by atoms with E-state index < -0.39 is 5.97 Å². The standard InChI is InChI=1S/C22H20BrNO5/c1-13-20(22(26)29-4)18(12-14-11-15(23)5-10-19(14)28-3)21(25)24(13)16-6-8-17(27-2)9-7-16/h5-12H,1-4H3/b18-12-. The van der Waals surface area contributed by atoms with Gasteiger partial charge < -0.3 is 14.2 Å². The van der Waals surface area contributed by atoms with Crippen LogP contribution in [0.15, 0.2) is 63.8 Å². The van der Waals surface area contributed by atoms with Crippen molar-refractivity contribution >= 4 is 39.6 Å². The Morgan fingerprint density at radius 2 is 1.72 bits per heavy atom. The maximum atomic E-state index is 13.3. The van der Waals surface area contributed by atoms with E-state index in [1.54, 1.807) is 57.6 Å². The number of halogens is 1. The van der Waals surface area contributed by atoms with Crippen molar-refractivity contribution in [3.8, 4) is 11.5 Å². The van der Waals surface area contributed by atoms with Crippen LogP contribution in [0.4, 0.5) is 5.69 Å². The first-order valence-corrected chi connectivity index (χ1v) is 9.53. The molecule has 6 nitrogen and oxygen atoms in total. The van der Waals surface area contributed by atoms with Gasteiger partial charge in [0, 0.05) is 21.4 Å². The minimum absolute atomic E-state index is 0.218. The second kappa shape index (κ2) is 8.53. The van der Waals surface area contributed by atoms with Gasteiger partial charge in [-0.15, -0.1) is 0 Å². The van der Waals surface area contributed by atoms with E-state index in [-0.39, 0.29) is 17.1 Å². The molecule has 0 saturated carbocycles. The van der Waals surface area contributed by atoms with E-state index in [1.165, 1.54) is 12.0 Å². The number of carbonyl (C=O) groups excluding carboxylic acids is 2. The number of ether oxygens (including phenoxy) is 3. The van der Waals surface area contributed by atoms with Crippen molar-refractivity contribution in [3.63, 3.8) is 0 Å². The van der Waals surface area contributed by atoms with Crippen LogP contribution >= 0.6 is 15.9 Å². The van der Waals surface area contributed by atoms with Gasteiger partial charge in [-0.05, 0) is 55.5 Å². The number of nitrogens with zero attached hydrogens (tertiary/aromatic N) is 1. The van der Waals surface area contributed by atoms with Crippen LogP contribution in [0.25, 0.3) is 6.08 Å². The van der Waals surface area contributed by atoms with Gasteiger partial charge in [-0.25, -0.2) is 4.79 Å². The summed E-state index contributed by atoms with van der Waals surface area (Å²) < 4.78 is 16.3. The number of methoxy groups -OCH3 is 3. The summed E-state index contributed by atoms with van der Waals surface area (Å²) in [5, 5.41) is 0. The third-order valence-electron chi connectivity index (χ3n) is 4.61. The summed E-state index contributed by atoms with van der Waals surface area (Å²) in [6.07, 6.45) is 1.64.